The molecule has 1 atom stereocenters. The molecule has 1 unspecified atom stereocenters. The van der Waals surface area contributed by atoms with Crippen molar-refractivity contribution in [1.29, 1.82) is 0 Å². The van der Waals surface area contributed by atoms with Crippen LogP contribution >= 0.6 is 11.6 Å². The summed E-state index contributed by atoms with van der Waals surface area (Å²) >= 11 is 5.96. The molecule has 8 nitrogen and oxygen atoms in total. The number of nitrogens with zero attached hydrogens (tertiary/aromatic N) is 4. The Hall–Kier alpha value is -1.93. The van der Waals surface area contributed by atoms with Gasteiger partial charge in [0.1, 0.15) is 6.04 Å². The maximum Gasteiger partial charge on any atom is 0.241 e. The van der Waals surface area contributed by atoms with Gasteiger partial charge < -0.3 is 18.6 Å². The first-order valence-corrected chi connectivity index (χ1v) is 8.66. The molecule has 1 amide bonds. The molecule has 0 aromatic carbocycles. The van der Waals surface area contributed by atoms with Gasteiger partial charge in [-0.1, -0.05) is 19.0 Å². The van der Waals surface area contributed by atoms with E-state index in [1.54, 1.807) is 11.8 Å². The summed E-state index contributed by atoms with van der Waals surface area (Å²) in [6.07, 6.45) is 0.765. The summed E-state index contributed by atoms with van der Waals surface area (Å²) in [5.74, 6) is 1.08. The van der Waals surface area contributed by atoms with Crippen LogP contribution in [0.3, 0.4) is 0 Å². The van der Waals surface area contributed by atoms with Gasteiger partial charge in [0.15, 0.2) is 0 Å². The zero-order chi connectivity index (χ0) is 18.0. The Labute approximate surface area is 150 Å². The van der Waals surface area contributed by atoms with E-state index in [0.29, 0.717) is 50.1 Å². The monoisotopic (exact) mass is 368 g/mol. The minimum Gasteiger partial charge on any atom is -0.423 e. The van der Waals surface area contributed by atoms with Gasteiger partial charge in [0.25, 0.3) is 0 Å². The molecule has 0 aliphatic carbocycles. The Kier molecular flexibility index (Phi) is 5.39. The van der Waals surface area contributed by atoms with Crippen LogP contribution in [0.2, 0.25) is 5.22 Å². The number of carbonyl (C=O) groups excluding carboxylic acids is 1. The number of hydrogen-bond donors (Lipinski definition) is 0. The standard InChI is InChI=1S/C16H21ClN4O4/c1-9(2)15-18-19-16(24-15)12-8-23-7-6-21(12)13(22)5-4-11-10(3)20-25-14(11)17/h9,12H,4-8H2,1-3H3. The van der Waals surface area contributed by atoms with Crippen LogP contribution in [0.1, 0.15) is 55.3 Å². The van der Waals surface area contributed by atoms with Crippen LogP contribution in [0.5, 0.6) is 0 Å². The fourth-order valence-electron chi connectivity index (χ4n) is 2.74. The van der Waals surface area contributed by atoms with Gasteiger partial charge in [-0.3, -0.25) is 4.79 Å². The minimum absolute atomic E-state index is 0.0192. The number of morpholine rings is 1. The first kappa shape index (κ1) is 17.9. The molecule has 2 aromatic rings. The highest BCUT2D eigenvalue weighted by atomic mass is 35.5. The highest BCUT2D eigenvalue weighted by Crippen LogP contribution is 2.27. The summed E-state index contributed by atoms with van der Waals surface area (Å²) in [4.78, 5) is 14.5. The highest BCUT2D eigenvalue weighted by molar-refractivity contribution is 6.29. The van der Waals surface area contributed by atoms with E-state index in [-0.39, 0.29) is 23.1 Å². The zero-order valence-corrected chi connectivity index (χ0v) is 15.2. The number of aromatic nitrogens is 3. The average Bonchev–Trinajstić information content (AvgIpc) is 3.21. The van der Waals surface area contributed by atoms with Crippen LogP contribution in [0.15, 0.2) is 8.94 Å². The van der Waals surface area contributed by atoms with Crippen molar-refractivity contribution in [3.63, 3.8) is 0 Å². The van der Waals surface area contributed by atoms with Crippen molar-refractivity contribution in [1.82, 2.24) is 20.3 Å². The lowest BCUT2D eigenvalue weighted by molar-refractivity contribution is -0.141. The summed E-state index contributed by atoms with van der Waals surface area (Å²) in [6, 6.07) is -0.361. The van der Waals surface area contributed by atoms with Crippen LogP contribution in [0, 0.1) is 6.92 Å². The molecule has 2 aromatic heterocycles. The number of aryl methyl sites for hydroxylation is 1. The molecule has 1 saturated heterocycles. The van der Waals surface area contributed by atoms with Crippen LogP contribution < -0.4 is 0 Å². The van der Waals surface area contributed by atoms with Gasteiger partial charge in [-0.2, -0.15) is 0 Å². The molecular weight excluding hydrogens is 348 g/mol. The van der Waals surface area contributed by atoms with E-state index in [9.17, 15) is 4.79 Å². The van der Waals surface area contributed by atoms with Gasteiger partial charge in [-0.15, -0.1) is 10.2 Å². The van der Waals surface area contributed by atoms with Crippen molar-refractivity contribution in [3.05, 3.63) is 28.3 Å². The Morgan fingerprint density at radius 2 is 2.20 bits per heavy atom. The molecular formula is C16H21ClN4O4. The Morgan fingerprint density at radius 3 is 2.84 bits per heavy atom. The van der Waals surface area contributed by atoms with E-state index in [0.717, 1.165) is 5.56 Å². The third-order valence-corrected chi connectivity index (χ3v) is 4.51. The number of ether oxygens (including phenoxy) is 1. The quantitative estimate of drug-likeness (QED) is 0.800. The maximum absolute atomic E-state index is 12.7. The SMILES string of the molecule is Cc1noc(Cl)c1CCC(=O)N1CCOCC1c1nnc(C(C)C)o1. The number of rotatable bonds is 5. The molecule has 9 heteroatoms. The first-order chi connectivity index (χ1) is 12.0. The van der Waals surface area contributed by atoms with Crippen LogP contribution in [0.4, 0.5) is 0 Å². The molecule has 136 valence electrons. The third-order valence-electron chi connectivity index (χ3n) is 4.21. The largest absolute Gasteiger partial charge is 0.423 e. The molecule has 0 spiro atoms. The molecule has 1 aliphatic heterocycles. The van der Waals surface area contributed by atoms with Crippen LogP contribution in [0.25, 0.3) is 0 Å². The van der Waals surface area contributed by atoms with Gasteiger partial charge in [-0.25, -0.2) is 0 Å². The minimum atomic E-state index is -0.361. The predicted octanol–water partition coefficient (Wildman–Crippen LogP) is 2.68. The normalized spacial score (nSPS) is 18.1. The topological polar surface area (TPSA) is 94.5 Å². The van der Waals surface area contributed by atoms with Gasteiger partial charge in [0.2, 0.25) is 22.9 Å². The van der Waals surface area contributed by atoms with E-state index in [4.69, 9.17) is 25.3 Å². The summed E-state index contributed by atoms with van der Waals surface area (Å²) in [5, 5.41) is 12.2. The van der Waals surface area contributed by atoms with Gasteiger partial charge >= 0.3 is 0 Å². The molecule has 25 heavy (non-hydrogen) atoms. The molecule has 3 rings (SSSR count). The Bertz CT molecular complexity index is 723. The molecule has 0 saturated carbocycles. The second-order valence-electron chi connectivity index (χ2n) is 6.33. The fraction of sp³-hybridized carbons (Fsp3) is 0.625. The van der Waals surface area contributed by atoms with Crippen molar-refractivity contribution in [2.75, 3.05) is 19.8 Å². The summed E-state index contributed by atoms with van der Waals surface area (Å²) in [5.41, 5.74) is 1.47. The van der Waals surface area contributed by atoms with Crippen molar-refractivity contribution in [2.45, 2.75) is 45.6 Å². The van der Waals surface area contributed by atoms with Crippen LogP contribution in [-0.2, 0) is 16.0 Å². The van der Waals surface area contributed by atoms with Gasteiger partial charge in [0.05, 0.1) is 18.9 Å². The van der Waals surface area contributed by atoms with Crippen molar-refractivity contribution < 1.29 is 18.5 Å². The number of amides is 1. The molecule has 0 bridgehead atoms. The van der Waals surface area contributed by atoms with Gasteiger partial charge in [-0.05, 0) is 24.9 Å². The van der Waals surface area contributed by atoms with E-state index in [1.165, 1.54) is 0 Å². The predicted molar refractivity (Wildman–Crippen MR) is 88.2 cm³/mol. The fourth-order valence-corrected chi connectivity index (χ4v) is 3.00. The van der Waals surface area contributed by atoms with E-state index < -0.39 is 0 Å². The summed E-state index contributed by atoms with van der Waals surface area (Å²) < 4.78 is 16.1. The second kappa shape index (κ2) is 7.53. The number of carbonyl (C=O) groups is 1. The lowest BCUT2D eigenvalue weighted by Crippen LogP contribution is -2.43. The second-order valence-corrected chi connectivity index (χ2v) is 6.67. The third kappa shape index (κ3) is 3.85. The molecule has 1 aliphatic rings. The van der Waals surface area contributed by atoms with Crippen molar-refractivity contribution >= 4 is 17.5 Å². The summed E-state index contributed by atoms with van der Waals surface area (Å²) in [7, 11) is 0. The molecule has 1 fully saturated rings. The Balaban J connectivity index is 1.70. The van der Waals surface area contributed by atoms with E-state index >= 15 is 0 Å². The van der Waals surface area contributed by atoms with E-state index in [2.05, 4.69) is 15.4 Å². The maximum atomic E-state index is 12.7. The van der Waals surface area contributed by atoms with Crippen LogP contribution in [-0.4, -0.2) is 45.9 Å². The van der Waals surface area contributed by atoms with Crippen molar-refractivity contribution in [2.24, 2.45) is 0 Å². The molecule has 0 radical (unpaired) electrons. The average molecular weight is 369 g/mol. The highest BCUT2D eigenvalue weighted by Gasteiger charge is 2.33. The Morgan fingerprint density at radius 1 is 1.40 bits per heavy atom. The summed E-state index contributed by atoms with van der Waals surface area (Å²) in [6.45, 7) is 7.07. The first-order valence-electron chi connectivity index (χ1n) is 8.28. The molecule has 0 N–H and O–H groups in total. The number of halogens is 1. The van der Waals surface area contributed by atoms with Gasteiger partial charge in [0, 0.05) is 24.4 Å². The lowest BCUT2D eigenvalue weighted by atomic mass is 10.1. The zero-order valence-electron chi connectivity index (χ0n) is 14.5. The number of hydrogen-bond acceptors (Lipinski definition) is 7. The smallest absolute Gasteiger partial charge is 0.241 e. The van der Waals surface area contributed by atoms with E-state index in [1.807, 2.05) is 13.8 Å². The van der Waals surface area contributed by atoms with Crippen molar-refractivity contribution in [3.8, 4) is 0 Å². The molecule has 3 heterocycles. The lowest BCUT2D eigenvalue weighted by Gasteiger charge is -2.33.